The average molecular weight is 217 g/mol. The lowest BCUT2D eigenvalue weighted by molar-refractivity contribution is 0.210. The number of hydrogen-bond donors (Lipinski definition) is 2. The first-order valence-electron chi connectivity index (χ1n) is 5.19. The molecule has 0 amide bonds. The van der Waals surface area contributed by atoms with Crippen molar-refractivity contribution in [3.05, 3.63) is 30.5 Å². The van der Waals surface area contributed by atoms with E-state index in [1.807, 2.05) is 24.3 Å². The van der Waals surface area contributed by atoms with Gasteiger partial charge in [-0.05, 0) is 12.1 Å². The summed E-state index contributed by atoms with van der Waals surface area (Å²) in [6.45, 7) is 1.39. The smallest absolute Gasteiger partial charge is 0.133 e. The van der Waals surface area contributed by atoms with Crippen molar-refractivity contribution in [2.75, 3.05) is 31.3 Å². The number of aromatic nitrogens is 1. The molecule has 0 spiro atoms. The molecular weight excluding hydrogens is 202 g/mol. The second kappa shape index (κ2) is 4.81. The third kappa shape index (κ3) is 2.06. The van der Waals surface area contributed by atoms with E-state index in [-0.39, 0.29) is 0 Å². The summed E-state index contributed by atoms with van der Waals surface area (Å²) in [5.41, 5.74) is 6.67. The highest BCUT2D eigenvalue weighted by atomic mass is 16.5. The monoisotopic (exact) mass is 217 g/mol. The first-order valence-corrected chi connectivity index (χ1v) is 5.19. The van der Waals surface area contributed by atoms with Crippen molar-refractivity contribution < 1.29 is 4.74 Å². The zero-order valence-electron chi connectivity index (χ0n) is 9.23. The largest absolute Gasteiger partial charge is 0.398 e. The van der Waals surface area contributed by atoms with E-state index in [2.05, 4.69) is 10.3 Å². The number of anilines is 2. The molecule has 84 valence electrons. The van der Waals surface area contributed by atoms with Crippen LogP contribution in [-0.4, -0.2) is 25.2 Å². The van der Waals surface area contributed by atoms with Crippen molar-refractivity contribution in [3.63, 3.8) is 0 Å². The number of nitrogens with zero attached hydrogens (tertiary/aromatic N) is 1. The summed E-state index contributed by atoms with van der Waals surface area (Å²) in [4.78, 5) is 4.30. The Labute approximate surface area is 94.4 Å². The van der Waals surface area contributed by atoms with Gasteiger partial charge in [-0.15, -0.1) is 0 Å². The van der Waals surface area contributed by atoms with E-state index in [1.54, 1.807) is 13.3 Å². The van der Waals surface area contributed by atoms with Crippen LogP contribution < -0.4 is 11.1 Å². The average Bonchev–Trinajstić information content (AvgIpc) is 2.31. The molecule has 4 heteroatoms. The van der Waals surface area contributed by atoms with E-state index in [4.69, 9.17) is 10.5 Å². The van der Waals surface area contributed by atoms with E-state index < -0.39 is 0 Å². The zero-order valence-corrected chi connectivity index (χ0v) is 9.23. The van der Waals surface area contributed by atoms with Gasteiger partial charge in [-0.25, -0.2) is 4.98 Å². The molecule has 16 heavy (non-hydrogen) atoms. The number of nitrogen functional groups attached to an aromatic ring is 1. The lowest BCUT2D eigenvalue weighted by Crippen LogP contribution is -2.09. The number of pyridine rings is 1. The summed E-state index contributed by atoms with van der Waals surface area (Å²) in [7, 11) is 1.68. The second-order valence-corrected chi connectivity index (χ2v) is 3.52. The highest BCUT2D eigenvalue weighted by Gasteiger charge is 2.03. The van der Waals surface area contributed by atoms with E-state index in [0.29, 0.717) is 6.61 Å². The number of rotatable bonds is 4. The standard InChI is InChI=1S/C12H15N3O/c1-16-8-7-15-12-10-3-2-4-11(13)9(10)5-6-14-12/h2-6H,7-8,13H2,1H3,(H,14,15). The zero-order chi connectivity index (χ0) is 11.4. The Kier molecular flexibility index (Phi) is 3.22. The molecule has 1 aromatic carbocycles. The van der Waals surface area contributed by atoms with Gasteiger partial charge in [-0.3, -0.25) is 0 Å². The Balaban J connectivity index is 2.34. The van der Waals surface area contributed by atoms with Crippen LogP contribution in [0, 0.1) is 0 Å². The molecule has 0 aliphatic carbocycles. The van der Waals surface area contributed by atoms with E-state index in [1.165, 1.54) is 0 Å². The van der Waals surface area contributed by atoms with Gasteiger partial charge in [-0.2, -0.15) is 0 Å². The molecule has 2 aromatic rings. The molecule has 0 unspecified atom stereocenters. The van der Waals surface area contributed by atoms with Gasteiger partial charge in [0, 0.05) is 36.3 Å². The lowest BCUT2D eigenvalue weighted by Gasteiger charge is -2.09. The van der Waals surface area contributed by atoms with Crippen LogP contribution >= 0.6 is 0 Å². The van der Waals surface area contributed by atoms with Gasteiger partial charge < -0.3 is 15.8 Å². The molecule has 0 aliphatic rings. The minimum absolute atomic E-state index is 0.653. The first-order chi connectivity index (χ1) is 7.83. The molecule has 0 radical (unpaired) electrons. The minimum atomic E-state index is 0.653. The Hall–Kier alpha value is -1.81. The van der Waals surface area contributed by atoms with Crippen molar-refractivity contribution in [3.8, 4) is 0 Å². The highest BCUT2D eigenvalue weighted by molar-refractivity contribution is 5.99. The van der Waals surface area contributed by atoms with Crippen LogP contribution in [0.4, 0.5) is 11.5 Å². The number of nitrogens with two attached hydrogens (primary N) is 1. The van der Waals surface area contributed by atoms with E-state index in [9.17, 15) is 0 Å². The van der Waals surface area contributed by atoms with Crippen molar-refractivity contribution in [2.45, 2.75) is 0 Å². The molecule has 0 saturated carbocycles. The molecular formula is C12H15N3O. The Bertz CT molecular complexity index is 485. The molecule has 2 rings (SSSR count). The maximum atomic E-state index is 5.90. The number of nitrogens with one attached hydrogen (secondary N) is 1. The highest BCUT2D eigenvalue weighted by Crippen LogP contribution is 2.25. The number of methoxy groups -OCH3 is 1. The van der Waals surface area contributed by atoms with Crippen LogP contribution in [0.5, 0.6) is 0 Å². The summed E-state index contributed by atoms with van der Waals surface area (Å²) in [6, 6.07) is 7.75. The molecule has 0 aliphatic heterocycles. The van der Waals surface area contributed by atoms with Crippen molar-refractivity contribution in [1.82, 2.24) is 4.98 Å². The Morgan fingerprint density at radius 3 is 3.00 bits per heavy atom. The van der Waals surface area contributed by atoms with Crippen molar-refractivity contribution in [2.24, 2.45) is 0 Å². The maximum Gasteiger partial charge on any atom is 0.133 e. The van der Waals surface area contributed by atoms with Crippen LogP contribution in [0.1, 0.15) is 0 Å². The minimum Gasteiger partial charge on any atom is -0.398 e. The quantitative estimate of drug-likeness (QED) is 0.606. The fourth-order valence-electron chi connectivity index (χ4n) is 1.64. The van der Waals surface area contributed by atoms with Gasteiger partial charge in [-0.1, -0.05) is 12.1 Å². The van der Waals surface area contributed by atoms with Gasteiger partial charge in [0.15, 0.2) is 0 Å². The number of ether oxygens (including phenoxy) is 1. The van der Waals surface area contributed by atoms with Gasteiger partial charge >= 0.3 is 0 Å². The van der Waals surface area contributed by atoms with Gasteiger partial charge in [0.05, 0.1) is 6.61 Å². The predicted molar refractivity (Wildman–Crippen MR) is 66.5 cm³/mol. The van der Waals surface area contributed by atoms with Crippen LogP contribution in [0.2, 0.25) is 0 Å². The Morgan fingerprint density at radius 2 is 2.19 bits per heavy atom. The fourth-order valence-corrected chi connectivity index (χ4v) is 1.64. The summed E-state index contributed by atoms with van der Waals surface area (Å²) >= 11 is 0. The topological polar surface area (TPSA) is 60.2 Å². The molecule has 0 fully saturated rings. The van der Waals surface area contributed by atoms with Crippen LogP contribution in [0.25, 0.3) is 10.8 Å². The third-order valence-electron chi connectivity index (χ3n) is 2.44. The molecule has 1 heterocycles. The van der Waals surface area contributed by atoms with E-state index >= 15 is 0 Å². The fraction of sp³-hybridized carbons (Fsp3) is 0.250. The van der Waals surface area contributed by atoms with Crippen LogP contribution in [0.15, 0.2) is 30.5 Å². The van der Waals surface area contributed by atoms with E-state index in [0.717, 1.165) is 28.8 Å². The van der Waals surface area contributed by atoms with Gasteiger partial charge in [0.25, 0.3) is 0 Å². The van der Waals surface area contributed by atoms with Crippen molar-refractivity contribution >= 4 is 22.3 Å². The first kappa shape index (κ1) is 10.7. The van der Waals surface area contributed by atoms with Gasteiger partial charge in [0.2, 0.25) is 0 Å². The summed E-state index contributed by atoms with van der Waals surface area (Å²) in [5, 5.41) is 5.29. The molecule has 1 aromatic heterocycles. The molecule has 0 atom stereocenters. The predicted octanol–water partition coefficient (Wildman–Crippen LogP) is 1.88. The molecule has 4 nitrogen and oxygen atoms in total. The molecule has 0 bridgehead atoms. The number of fused-ring (bicyclic) bond motifs is 1. The number of benzene rings is 1. The lowest BCUT2D eigenvalue weighted by atomic mass is 10.1. The van der Waals surface area contributed by atoms with Crippen molar-refractivity contribution in [1.29, 1.82) is 0 Å². The van der Waals surface area contributed by atoms with Crippen LogP contribution in [-0.2, 0) is 4.74 Å². The van der Waals surface area contributed by atoms with Gasteiger partial charge in [0.1, 0.15) is 5.82 Å². The normalized spacial score (nSPS) is 10.6. The summed E-state index contributed by atoms with van der Waals surface area (Å²) in [6.07, 6.45) is 1.76. The summed E-state index contributed by atoms with van der Waals surface area (Å²) in [5.74, 6) is 0.849. The molecule has 0 saturated heterocycles. The summed E-state index contributed by atoms with van der Waals surface area (Å²) < 4.78 is 4.98. The second-order valence-electron chi connectivity index (χ2n) is 3.52. The number of hydrogen-bond acceptors (Lipinski definition) is 4. The Morgan fingerprint density at radius 1 is 1.31 bits per heavy atom. The third-order valence-corrected chi connectivity index (χ3v) is 2.44. The van der Waals surface area contributed by atoms with Crippen LogP contribution in [0.3, 0.4) is 0 Å². The SMILES string of the molecule is COCCNc1nccc2c(N)cccc12. The molecule has 3 N–H and O–H groups in total. The maximum absolute atomic E-state index is 5.90.